The van der Waals surface area contributed by atoms with Gasteiger partial charge in [0.25, 0.3) is 0 Å². The maximum absolute atomic E-state index is 12.1. The van der Waals surface area contributed by atoms with Crippen LogP contribution in [0.25, 0.3) is 6.08 Å². The number of anilines is 1. The highest BCUT2D eigenvalue weighted by atomic mass is 79.9. The first-order valence-corrected chi connectivity index (χ1v) is 5.24. The van der Waals surface area contributed by atoms with E-state index in [0.29, 0.717) is 0 Å². The van der Waals surface area contributed by atoms with E-state index in [4.69, 9.17) is 10.8 Å². The fourth-order valence-electron chi connectivity index (χ4n) is 1.12. The predicted octanol–water partition coefficient (Wildman–Crippen LogP) is 3.03. The second kappa shape index (κ2) is 5.30. The molecule has 0 aliphatic carbocycles. The van der Waals surface area contributed by atoms with Crippen molar-refractivity contribution in [3.8, 4) is 5.75 Å². The molecule has 1 rings (SSSR count). The van der Waals surface area contributed by atoms with Crippen molar-refractivity contribution in [2.45, 2.75) is 6.36 Å². The van der Waals surface area contributed by atoms with Gasteiger partial charge in [0.15, 0.2) is 5.75 Å². The number of hydrogen-bond donors (Lipinski definition) is 2. The molecule has 0 atom stereocenters. The van der Waals surface area contributed by atoms with Gasteiger partial charge in [-0.05, 0) is 18.2 Å². The van der Waals surface area contributed by atoms with Crippen LogP contribution in [0.4, 0.5) is 18.9 Å². The molecular formula is C10H7BrF3NO3. The van der Waals surface area contributed by atoms with Gasteiger partial charge in [-0.15, -0.1) is 13.2 Å². The summed E-state index contributed by atoms with van der Waals surface area (Å²) in [6.45, 7) is 0. The van der Waals surface area contributed by atoms with Gasteiger partial charge in [0.2, 0.25) is 0 Å². The van der Waals surface area contributed by atoms with E-state index in [0.717, 1.165) is 18.2 Å². The second-order valence-electron chi connectivity index (χ2n) is 3.13. The number of nitrogens with two attached hydrogens (primary N) is 1. The van der Waals surface area contributed by atoms with Crippen molar-refractivity contribution in [3.63, 3.8) is 0 Å². The van der Waals surface area contributed by atoms with Gasteiger partial charge in [0.1, 0.15) is 0 Å². The van der Waals surface area contributed by atoms with Crippen molar-refractivity contribution in [3.05, 3.63) is 28.2 Å². The first kappa shape index (κ1) is 14.4. The highest BCUT2D eigenvalue weighted by Gasteiger charge is 2.32. The molecule has 0 fully saturated rings. The summed E-state index contributed by atoms with van der Waals surface area (Å²) in [4.78, 5) is 10.3. The molecule has 0 radical (unpaired) electrons. The lowest BCUT2D eigenvalue weighted by Gasteiger charge is -2.13. The maximum Gasteiger partial charge on any atom is 0.573 e. The second-order valence-corrected chi connectivity index (χ2v) is 4.04. The van der Waals surface area contributed by atoms with Crippen molar-refractivity contribution in [1.82, 2.24) is 0 Å². The van der Waals surface area contributed by atoms with Crippen molar-refractivity contribution in [1.29, 1.82) is 0 Å². The van der Waals surface area contributed by atoms with Crippen LogP contribution in [0.15, 0.2) is 22.7 Å². The van der Waals surface area contributed by atoms with E-state index in [2.05, 4.69) is 20.7 Å². The van der Waals surface area contributed by atoms with E-state index in [1.807, 2.05) is 0 Å². The first-order valence-electron chi connectivity index (χ1n) is 4.45. The summed E-state index contributed by atoms with van der Waals surface area (Å²) in [5.41, 5.74) is 5.26. The fourth-order valence-corrected chi connectivity index (χ4v) is 1.58. The van der Waals surface area contributed by atoms with Gasteiger partial charge in [-0.1, -0.05) is 15.9 Å². The van der Waals surface area contributed by atoms with Crippen LogP contribution in [0.2, 0.25) is 0 Å². The molecule has 3 N–H and O–H groups in total. The van der Waals surface area contributed by atoms with Crippen LogP contribution >= 0.6 is 15.9 Å². The predicted molar refractivity (Wildman–Crippen MR) is 61.9 cm³/mol. The lowest BCUT2D eigenvalue weighted by Crippen LogP contribution is -2.18. The summed E-state index contributed by atoms with van der Waals surface area (Å²) < 4.78 is 40.3. The third-order valence-electron chi connectivity index (χ3n) is 1.77. The number of rotatable bonds is 3. The smallest absolute Gasteiger partial charge is 0.478 e. The van der Waals surface area contributed by atoms with E-state index < -0.39 is 18.1 Å². The SMILES string of the molecule is Nc1c(/C=C/C(=O)O)cc(Br)cc1OC(F)(F)F. The van der Waals surface area contributed by atoms with E-state index in [-0.39, 0.29) is 15.7 Å². The van der Waals surface area contributed by atoms with Crippen LogP contribution in [-0.2, 0) is 4.79 Å². The number of hydrogen-bond acceptors (Lipinski definition) is 3. The average Bonchev–Trinajstić information content (AvgIpc) is 2.18. The number of aliphatic carboxylic acids is 1. The van der Waals surface area contributed by atoms with Gasteiger partial charge < -0.3 is 15.6 Å². The van der Waals surface area contributed by atoms with Crippen molar-refractivity contribution < 1.29 is 27.8 Å². The molecule has 0 spiro atoms. The number of benzene rings is 1. The summed E-state index contributed by atoms with van der Waals surface area (Å²) in [6, 6.07) is 2.42. The van der Waals surface area contributed by atoms with Gasteiger partial charge >= 0.3 is 12.3 Å². The summed E-state index contributed by atoms with van der Waals surface area (Å²) in [7, 11) is 0. The molecule has 98 valence electrons. The zero-order chi connectivity index (χ0) is 13.9. The standard InChI is InChI=1S/C10H7BrF3NO3/c11-6-3-5(1-2-8(16)17)9(15)7(4-6)18-10(12,13)14/h1-4H,15H2,(H,16,17)/b2-1+. The fraction of sp³-hybridized carbons (Fsp3) is 0.100. The quantitative estimate of drug-likeness (QED) is 0.661. The molecule has 0 aliphatic rings. The molecule has 4 nitrogen and oxygen atoms in total. The van der Waals surface area contributed by atoms with Crippen molar-refractivity contribution in [2.24, 2.45) is 0 Å². The number of nitrogen functional groups attached to an aromatic ring is 1. The molecular weight excluding hydrogens is 319 g/mol. The van der Waals surface area contributed by atoms with Gasteiger partial charge in [-0.2, -0.15) is 0 Å². The molecule has 0 bridgehead atoms. The number of carboxylic acids is 1. The van der Waals surface area contributed by atoms with E-state index in [1.165, 1.54) is 6.07 Å². The summed E-state index contributed by atoms with van der Waals surface area (Å²) in [5.74, 6) is -1.84. The van der Waals surface area contributed by atoms with Crippen LogP contribution in [0, 0.1) is 0 Å². The Morgan fingerprint density at radius 2 is 2.06 bits per heavy atom. The topological polar surface area (TPSA) is 72.6 Å². The lowest BCUT2D eigenvalue weighted by molar-refractivity contribution is -0.274. The average molecular weight is 326 g/mol. The minimum Gasteiger partial charge on any atom is -0.478 e. The zero-order valence-corrected chi connectivity index (χ0v) is 10.2. The molecule has 8 heteroatoms. The van der Waals surface area contributed by atoms with Crippen LogP contribution in [0.3, 0.4) is 0 Å². The maximum atomic E-state index is 12.1. The number of alkyl halides is 3. The van der Waals surface area contributed by atoms with Gasteiger partial charge in [0.05, 0.1) is 5.69 Å². The summed E-state index contributed by atoms with van der Waals surface area (Å²) in [5, 5.41) is 8.44. The Hall–Kier alpha value is -1.70. The third kappa shape index (κ3) is 4.28. The molecule has 0 unspecified atom stereocenters. The first-order chi connectivity index (χ1) is 8.19. The normalized spacial score (nSPS) is 11.8. The lowest BCUT2D eigenvalue weighted by atomic mass is 10.1. The molecule has 0 saturated heterocycles. The van der Waals surface area contributed by atoms with Crippen LogP contribution < -0.4 is 10.5 Å². The summed E-state index contributed by atoms with van der Waals surface area (Å²) >= 11 is 2.98. The highest BCUT2D eigenvalue weighted by Crippen LogP contribution is 2.34. The monoisotopic (exact) mass is 325 g/mol. The molecule has 0 heterocycles. The van der Waals surface area contributed by atoms with Crippen LogP contribution in [0.1, 0.15) is 5.56 Å². The van der Waals surface area contributed by atoms with Crippen molar-refractivity contribution in [2.75, 3.05) is 5.73 Å². The van der Waals surface area contributed by atoms with E-state index >= 15 is 0 Å². The number of ether oxygens (including phenoxy) is 1. The van der Waals surface area contributed by atoms with Crippen LogP contribution in [-0.4, -0.2) is 17.4 Å². The van der Waals surface area contributed by atoms with Gasteiger partial charge in [-0.25, -0.2) is 4.79 Å². The largest absolute Gasteiger partial charge is 0.573 e. The van der Waals surface area contributed by atoms with Crippen molar-refractivity contribution >= 4 is 33.7 Å². The molecule has 1 aromatic carbocycles. The number of carbonyl (C=O) groups is 1. The number of halogens is 4. The molecule has 0 saturated carbocycles. The van der Waals surface area contributed by atoms with Crippen LogP contribution in [0.5, 0.6) is 5.75 Å². The highest BCUT2D eigenvalue weighted by molar-refractivity contribution is 9.10. The molecule has 18 heavy (non-hydrogen) atoms. The zero-order valence-electron chi connectivity index (χ0n) is 8.66. The Morgan fingerprint density at radius 1 is 1.44 bits per heavy atom. The van der Waals surface area contributed by atoms with Gasteiger partial charge in [-0.3, -0.25) is 0 Å². The molecule has 1 aromatic rings. The Morgan fingerprint density at radius 3 is 2.56 bits per heavy atom. The minimum atomic E-state index is -4.87. The Balaban J connectivity index is 3.18. The third-order valence-corrected chi connectivity index (χ3v) is 2.23. The summed E-state index contributed by atoms with van der Waals surface area (Å²) in [6.07, 6.45) is -3.04. The number of carboxylic acid groups (broad SMARTS) is 1. The molecule has 0 aromatic heterocycles. The molecule has 0 amide bonds. The van der Waals surface area contributed by atoms with E-state index in [9.17, 15) is 18.0 Å². The molecule has 0 aliphatic heterocycles. The Bertz CT molecular complexity index is 500. The Labute approximate surface area is 108 Å². The van der Waals surface area contributed by atoms with E-state index in [1.54, 1.807) is 0 Å². The van der Waals surface area contributed by atoms with Gasteiger partial charge in [0, 0.05) is 16.1 Å². The Kier molecular flexibility index (Phi) is 4.23. The minimum absolute atomic E-state index is 0.103.